The van der Waals surface area contributed by atoms with Gasteiger partial charge in [0.1, 0.15) is 5.75 Å². The lowest BCUT2D eigenvalue weighted by Crippen LogP contribution is -2.54. The van der Waals surface area contributed by atoms with E-state index in [4.69, 9.17) is 9.47 Å². The van der Waals surface area contributed by atoms with Crippen LogP contribution in [-0.2, 0) is 16.0 Å². The summed E-state index contributed by atoms with van der Waals surface area (Å²) >= 11 is 0. The molecule has 172 valence electrons. The van der Waals surface area contributed by atoms with Crippen molar-refractivity contribution in [3.63, 3.8) is 0 Å². The molecule has 0 bridgehead atoms. The molecule has 2 aromatic carbocycles. The molecule has 9 nitrogen and oxygen atoms in total. The van der Waals surface area contributed by atoms with Gasteiger partial charge in [-0.05, 0) is 48.7 Å². The van der Waals surface area contributed by atoms with Gasteiger partial charge in [0.2, 0.25) is 0 Å². The second kappa shape index (κ2) is 9.37. The molecule has 1 aliphatic rings. The van der Waals surface area contributed by atoms with Gasteiger partial charge in [-0.1, -0.05) is 18.2 Å². The third-order valence-corrected chi connectivity index (χ3v) is 4.75. The Hall–Kier alpha value is -3.44. The zero-order valence-corrected chi connectivity index (χ0v) is 16.8. The van der Waals surface area contributed by atoms with Gasteiger partial charge >= 0.3 is 24.3 Å². The Labute approximate surface area is 181 Å². The Morgan fingerprint density at radius 3 is 2.44 bits per heavy atom. The number of aliphatic carboxylic acids is 2. The molecule has 11 heteroatoms. The summed E-state index contributed by atoms with van der Waals surface area (Å²) in [6.45, 7) is -0.990. The number of ether oxygens (including phenoxy) is 3. The summed E-state index contributed by atoms with van der Waals surface area (Å²) in [5, 5.41) is 31.8. The Morgan fingerprint density at radius 2 is 1.78 bits per heavy atom. The van der Waals surface area contributed by atoms with Crippen LogP contribution in [0.1, 0.15) is 24.2 Å². The van der Waals surface area contributed by atoms with Gasteiger partial charge in [0.25, 0.3) is 0 Å². The molecule has 0 radical (unpaired) electrons. The van der Waals surface area contributed by atoms with Crippen molar-refractivity contribution < 1.29 is 47.9 Å². The van der Waals surface area contributed by atoms with E-state index in [-0.39, 0.29) is 29.8 Å². The van der Waals surface area contributed by atoms with Gasteiger partial charge in [-0.15, -0.1) is 0 Å². The van der Waals surface area contributed by atoms with Crippen molar-refractivity contribution in [2.45, 2.75) is 37.9 Å². The number of carboxylic acids is 2. The summed E-state index contributed by atoms with van der Waals surface area (Å²) in [6.07, 6.45) is -0.535. The quantitative estimate of drug-likeness (QED) is 0.399. The van der Waals surface area contributed by atoms with Crippen LogP contribution < -0.4 is 19.5 Å². The minimum Gasteiger partial charge on any atom is -0.475 e. The van der Waals surface area contributed by atoms with E-state index in [1.54, 1.807) is 12.1 Å². The molecule has 2 unspecified atom stereocenters. The van der Waals surface area contributed by atoms with Crippen LogP contribution in [0.15, 0.2) is 42.5 Å². The second-order valence-electron chi connectivity index (χ2n) is 7.19. The van der Waals surface area contributed by atoms with E-state index in [2.05, 4.69) is 10.1 Å². The van der Waals surface area contributed by atoms with Gasteiger partial charge in [-0.2, -0.15) is 8.78 Å². The third kappa shape index (κ3) is 5.06. The van der Waals surface area contributed by atoms with Crippen LogP contribution in [0, 0.1) is 0 Å². The number of hydrogen-bond donors (Lipinski definition) is 4. The highest BCUT2D eigenvalue weighted by Gasteiger charge is 2.57. The van der Waals surface area contributed by atoms with Crippen LogP contribution in [0.3, 0.4) is 0 Å². The molecule has 1 aliphatic heterocycles. The number of aliphatic hydroxyl groups is 1. The maximum absolute atomic E-state index is 12.3. The molecular formula is C21H21F2NO8. The molecule has 2 atom stereocenters. The number of nitrogens with one attached hydrogen (secondary N) is 1. The van der Waals surface area contributed by atoms with Crippen molar-refractivity contribution in [1.29, 1.82) is 0 Å². The number of aliphatic hydroxyl groups excluding tert-OH is 1. The molecule has 3 rings (SSSR count). The van der Waals surface area contributed by atoms with Crippen LogP contribution in [0.4, 0.5) is 8.78 Å². The summed E-state index contributed by atoms with van der Waals surface area (Å²) in [7, 11) is 0. The lowest BCUT2D eigenvalue weighted by atomic mass is 10.1. The maximum atomic E-state index is 12.3. The van der Waals surface area contributed by atoms with Crippen molar-refractivity contribution in [1.82, 2.24) is 5.32 Å². The Bertz CT molecular complexity index is 986. The monoisotopic (exact) mass is 453 g/mol. The van der Waals surface area contributed by atoms with Crippen LogP contribution in [0.5, 0.6) is 17.2 Å². The van der Waals surface area contributed by atoms with E-state index in [0.29, 0.717) is 17.5 Å². The minimum absolute atomic E-state index is 0.000447. The molecule has 4 N–H and O–H groups in total. The van der Waals surface area contributed by atoms with Gasteiger partial charge in [0.15, 0.2) is 11.5 Å². The van der Waals surface area contributed by atoms with Crippen molar-refractivity contribution in [2.24, 2.45) is 0 Å². The number of alkyl halides is 2. The topological polar surface area (TPSA) is 135 Å². The zero-order valence-electron chi connectivity index (χ0n) is 16.8. The van der Waals surface area contributed by atoms with E-state index in [0.717, 1.165) is 0 Å². The number of hydrogen-bond acceptors (Lipinski definition) is 7. The molecule has 2 aromatic rings. The van der Waals surface area contributed by atoms with Crippen molar-refractivity contribution in [3.8, 4) is 17.2 Å². The highest BCUT2D eigenvalue weighted by molar-refractivity contribution is 6.01. The van der Waals surface area contributed by atoms with E-state index < -0.39 is 30.4 Å². The molecule has 32 heavy (non-hydrogen) atoms. The normalized spacial score (nSPS) is 15.9. The summed E-state index contributed by atoms with van der Waals surface area (Å²) in [5.41, 5.74) is 1.12. The average Bonchev–Trinajstić information content (AvgIpc) is 3.12. The molecular weight excluding hydrogens is 432 g/mol. The van der Waals surface area contributed by atoms with Crippen LogP contribution in [0.2, 0.25) is 0 Å². The second-order valence-corrected chi connectivity index (χ2v) is 7.19. The molecule has 0 aromatic heterocycles. The van der Waals surface area contributed by atoms with E-state index in [9.17, 15) is 33.7 Å². The first kappa shape index (κ1) is 23.2. The van der Waals surface area contributed by atoms with E-state index in [1.807, 2.05) is 6.92 Å². The van der Waals surface area contributed by atoms with Gasteiger partial charge in [-0.25, -0.2) is 9.59 Å². The maximum Gasteiger partial charge on any atom is 0.453 e. The fourth-order valence-electron chi connectivity index (χ4n) is 3.19. The fraction of sp³-hybridized carbons (Fsp3) is 0.333. The van der Waals surface area contributed by atoms with Gasteiger partial charge in [-0.3, -0.25) is 0 Å². The van der Waals surface area contributed by atoms with Gasteiger partial charge in [0.05, 0.1) is 6.10 Å². The van der Waals surface area contributed by atoms with Crippen molar-refractivity contribution in [2.75, 3.05) is 6.54 Å². The smallest absolute Gasteiger partial charge is 0.453 e. The molecule has 0 amide bonds. The predicted octanol–water partition coefficient (Wildman–Crippen LogP) is 2.18. The van der Waals surface area contributed by atoms with Crippen LogP contribution in [-0.4, -0.2) is 52.2 Å². The highest BCUT2D eigenvalue weighted by atomic mass is 19.3. The fourth-order valence-corrected chi connectivity index (χ4v) is 3.19. The minimum atomic E-state index is -2.96. The van der Waals surface area contributed by atoms with Crippen LogP contribution in [0.25, 0.3) is 0 Å². The number of fused-ring (bicyclic) bond motifs is 1. The average molecular weight is 453 g/mol. The number of halogens is 2. The first-order chi connectivity index (χ1) is 15.1. The van der Waals surface area contributed by atoms with Crippen molar-refractivity contribution >= 4 is 11.9 Å². The third-order valence-electron chi connectivity index (χ3n) is 4.75. The van der Waals surface area contributed by atoms with Gasteiger partial charge < -0.3 is 34.8 Å². The standard InChI is InChI=1S/C21H21F2NO8/c1-11(24-10-15(25)13-3-2-4-14(9-13)30-20(22)23)7-12-5-6-16-17(8-12)32-21(31-16,18(26)27)19(28)29/h2-6,8-9,11,15,20,24-25H,7,10H2,1H3,(H,26,27)(H,28,29). The van der Waals surface area contributed by atoms with E-state index in [1.165, 1.54) is 30.3 Å². The summed E-state index contributed by atoms with van der Waals surface area (Å²) in [6, 6.07) is 10.2. The van der Waals surface area contributed by atoms with E-state index >= 15 is 0 Å². The molecule has 0 saturated heterocycles. The molecule has 1 heterocycles. The molecule has 0 saturated carbocycles. The summed E-state index contributed by atoms with van der Waals surface area (Å²) in [4.78, 5) is 22.7. The lowest BCUT2D eigenvalue weighted by molar-refractivity contribution is -0.194. The predicted molar refractivity (Wildman–Crippen MR) is 105 cm³/mol. The Kier molecular flexibility index (Phi) is 6.80. The SMILES string of the molecule is CC(Cc1ccc2c(c1)OC(C(=O)O)(C(=O)O)O2)NCC(O)c1cccc(OC(F)F)c1. The summed E-state index contributed by atoms with van der Waals surface area (Å²) in [5.74, 6) is -6.44. The molecule has 0 aliphatic carbocycles. The molecule has 0 fully saturated rings. The first-order valence-electron chi connectivity index (χ1n) is 9.54. The van der Waals surface area contributed by atoms with Crippen molar-refractivity contribution in [3.05, 3.63) is 53.6 Å². The lowest BCUT2D eigenvalue weighted by Gasteiger charge is -2.18. The van der Waals surface area contributed by atoms with Gasteiger partial charge in [0, 0.05) is 12.6 Å². The largest absolute Gasteiger partial charge is 0.475 e. The number of rotatable bonds is 10. The molecule has 0 spiro atoms. The first-order valence-corrected chi connectivity index (χ1v) is 9.54. The number of carboxylic acid groups (broad SMARTS) is 2. The Balaban J connectivity index is 1.58. The Morgan fingerprint density at radius 1 is 1.09 bits per heavy atom. The highest BCUT2D eigenvalue weighted by Crippen LogP contribution is 2.40. The number of benzene rings is 2. The number of carbonyl (C=O) groups is 2. The summed E-state index contributed by atoms with van der Waals surface area (Å²) < 4.78 is 39.1. The zero-order chi connectivity index (χ0) is 23.5. The van der Waals surface area contributed by atoms with Crippen LogP contribution >= 0.6 is 0 Å².